The third kappa shape index (κ3) is 31.6. The number of hydrogen-bond donors (Lipinski definition) is 0. The van der Waals surface area contributed by atoms with Crippen molar-refractivity contribution in [1.82, 2.24) is 0 Å². The molecule has 0 aromatic rings. The molecule has 0 aromatic heterocycles. The fourth-order valence-corrected chi connectivity index (χ4v) is 2.37. The summed E-state index contributed by atoms with van der Waals surface area (Å²) in [5.41, 5.74) is 0. The second-order valence-electron chi connectivity index (χ2n) is 7.06. The Labute approximate surface area is 206 Å². The van der Waals surface area contributed by atoms with Crippen LogP contribution in [0.5, 0.6) is 0 Å². The summed E-state index contributed by atoms with van der Waals surface area (Å²) < 4.78 is 54.0. The van der Waals surface area contributed by atoms with Crippen LogP contribution in [0.3, 0.4) is 0 Å². The van der Waals surface area contributed by atoms with Crippen LogP contribution in [0.2, 0.25) is 0 Å². The average Bonchev–Trinajstić information content (AvgIpc) is 2.85. The van der Waals surface area contributed by atoms with Gasteiger partial charge >= 0.3 is 0 Å². The fourth-order valence-electron chi connectivity index (χ4n) is 2.37. The van der Waals surface area contributed by atoms with Crippen molar-refractivity contribution in [3.63, 3.8) is 0 Å². The molecular weight excluding hydrogens is 448 g/mol. The van der Waals surface area contributed by atoms with E-state index in [-0.39, 0.29) is 0 Å². The van der Waals surface area contributed by atoms with E-state index in [1.54, 1.807) is 0 Å². The lowest BCUT2D eigenvalue weighted by Crippen LogP contribution is -2.15. The van der Waals surface area contributed by atoms with Gasteiger partial charge in [0.15, 0.2) is 0 Å². The zero-order valence-electron chi connectivity index (χ0n) is 21.6. The summed E-state index contributed by atoms with van der Waals surface area (Å²) in [6.45, 7) is 15.8. The van der Waals surface area contributed by atoms with Crippen LogP contribution < -0.4 is 0 Å². The van der Waals surface area contributed by atoms with Gasteiger partial charge in [-0.2, -0.15) is 0 Å². The first-order valence-corrected chi connectivity index (χ1v) is 12.7. The molecule has 0 aromatic carbocycles. The van der Waals surface area contributed by atoms with Gasteiger partial charge in [-0.25, -0.2) is 0 Å². The molecule has 0 fully saturated rings. The Morgan fingerprint density at radius 3 is 0.676 bits per heavy atom. The molecule has 0 saturated heterocycles. The minimum absolute atomic E-state index is 0.533. The topological polar surface area (TPSA) is 92.3 Å². The van der Waals surface area contributed by atoms with E-state index in [0.29, 0.717) is 126 Å². The smallest absolute Gasteiger partial charge is 0.0701 e. The Kier molecular flexibility index (Phi) is 32.2. The minimum atomic E-state index is 0.533. The SMILES string of the molecule is CCCCOCCOCCOCCOCCOCCOCCOCCOCCOCCOCC. The molecule has 34 heavy (non-hydrogen) atoms. The standard InChI is InChI=1S/C24H50O10/c1-3-5-6-26-9-10-28-13-14-30-17-18-32-21-22-34-24-23-33-20-19-31-16-15-29-12-11-27-8-7-25-4-2/h3-24H2,1-2H3. The molecule has 0 atom stereocenters. The van der Waals surface area contributed by atoms with E-state index >= 15 is 0 Å². The van der Waals surface area contributed by atoms with Crippen molar-refractivity contribution in [2.24, 2.45) is 0 Å². The van der Waals surface area contributed by atoms with Gasteiger partial charge < -0.3 is 47.4 Å². The first-order chi connectivity index (χ1) is 16.9. The van der Waals surface area contributed by atoms with Gasteiger partial charge in [0.1, 0.15) is 0 Å². The van der Waals surface area contributed by atoms with Crippen LogP contribution in [0.4, 0.5) is 0 Å². The summed E-state index contributed by atoms with van der Waals surface area (Å²) in [6, 6.07) is 0. The second-order valence-corrected chi connectivity index (χ2v) is 7.06. The van der Waals surface area contributed by atoms with Crippen LogP contribution in [0.25, 0.3) is 0 Å². The lowest BCUT2D eigenvalue weighted by Gasteiger charge is -2.09. The molecule has 0 radical (unpaired) electrons. The number of hydrogen-bond acceptors (Lipinski definition) is 10. The van der Waals surface area contributed by atoms with Crippen molar-refractivity contribution in [3.05, 3.63) is 0 Å². The Bertz CT molecular complexity index is 318. The first kappa shape index (κ1) is 33.6. The molecule has 0 rings (SSSR count). The largest absolute Gasteiger partial charge is 0.379 e. The predicted octanol–water partition coefficient (Wildman–Crippen LogP) is 1.97. The van der Waals surface area contributed by atoms with E-state index in [4.69, 9.17) is 47.4 Å². The van der Waals surface area contributed by atoms with E-state index in [1.165, 1.54) is 0 Å². The van der Waals surface area contributed by atoms with Crippen LogP contribution in [0.15, 0.2) is 0 Å². The van der Waals surface area contributed by atoms with E-state index < -0.39 is 0 Å². The van der Waals surface area contributed by atoms with E-state index in [2.05, 4.69) is 6.92 Å². The van der Waals surface area contributed by atoms with Gasteiger partial charge in [0.2, 0.25) is 0 Å². The quantitative estimate of drug-likeness (QED) is 0.132. The zero-order valence-corrected chi connectivity index (χ0v) is 21.6. The summed E-state index contributed by atoms with van der Waals surface area (Å²) in [6.07, 6.45) is 2.25. The third-order valence-corrected chi connectivity index (χ3v) is 4.19. The van der Waals surface area contributed by atoms with Crippen molar-refractivity contribution in [1.29, 1.82) is 0 Å². The van der Waals surface area contributed by atoms with Gasteiger partial charge in [-0.3, -0.25) is 0 Å². The summed E-state index contributed by atoms with van der Waals surface area (Å²) in [4.78, 5) is 0. The lowest BCUT2D eigenvalue weighted by atomic mass is 10.4. The molecule has 0 unspecified atom stereocenters. The minimum Gasteiger partial charge on any atom is -0.379 e. The maximum Gasteiger partial charge on any atom is 0.0701 e. The summed E-state index contributed by atoms with van der Waals surface area (Å²) >= 11 is 0. The van der Waals surface area contributed by atoms with Crippen molar-refractivity contribution in [2.45, 2.75) is 26.7 Å². The molecule has 206 valence electrons. The highest BCUT2D eigenvalue weighted by atomic mass is 16.6. The molecule has 0 spiro atoms. The zero-order chi connectivity index (χ0) is 24.6. The van der Waals surface area contributed by atoms with E-state index in [9.17, 15) is 0 Å². The summed E-state index contributed by atoms with van der Waals surface area (Å²) in [5, 5.41) is 0. The fraction of sp³-hybridized carbons (Fsp3) is 1.00. The number of unbranched alkanes of at least 4 members (excludes halogenated alkanes) is 1. The Morgan fingerprint density at radius 2 is 0.471 bits per heavy atom. The maximum absolute atomic E-state index is 5.45. The average molecular weight is 499 g/mol. The van der Waals surface area contributed by atoms with Crippen LogP contribution in [-0.2, 0) is 47.4 Å². The molecule has 0 aliphatic rings. The molecule has 10 nitrogen and oxygen atoms in total. The molecule has 10 heteroatoms. The van der Waals surface area contributed by atoms with Gasteiger partial charge in [-0.05, 0) is 13.3 Å². The van der Waals surface area contributed by atoms with Crippen molar-refractivity contribution < 1.29 is 47.4 Å². The van der Waals surface area contributed by atoms with Crippen molar-refractivity contribution in [2.75, 3.05) is 132 Å². The van der Waals surface area contributed by atoms with Crippen molar-refractivity contribution in [3.8, 4) is 0 Å². The van der Waals surface area contributed by atoms with E-state index in [0.717, 1.165) is 19.4 Å². The number of rotatable bonds is 31. The van der Waals surface area contributed by atoms with Crippen LogP contribution >= 0.6 is 0 Å². The van der Waals surface area contributed by atoms with E-state index in [1.807, 2.05) is 6.92 Å². The first-order valence-electron chi connectivity index (χ1n) is 12.7. The molecule has 0 bridgehead atoms. The Morgan fingerprint density at radius 1 is 0.265 bits per heavy atom. The third-order valence-electron chi connectivity index (χ3n) is 4.19. The highest BCUT2D eigenvalue weighted by molar-refractivity contribution is 4.38. The van der Waals surface area contributed by atoms with Crippen LogP contribution in [-0.4, -0.2) is 132 Å². The van der Waals surface area contributed by atoms with Gasteiger partial charge in [0.05, 0.1) is 119 Å². The Hall–Kier alpha value is -0.400. The monoisotopic (exact) mass is 498 g/mol. The molecule has 0 heterocycles. The highest BCUT2D eigenvalue weighted by Crippen LogP contribution is 1.89. The molecule has 0 aliphatic carbocycles. The van der Waals surface area contributed by atoms with Gasteiger partial charge in [0, 0.05) is 13.2 Å². The summed E-state index contributed by atoms with van der Waals surface area (Å²) in [5.74, 6) is 0. The molecule has 0 aliphatic heterocycles. The molecule has 0 amide bonds. The maximum atomic E-state index is 5.45. The predicted molar refractivity (Wildman–Crippen MR) is 129 cm³/mol. The molecular formula is C24H50O10. The van der Waals surface area contributed by atoms with Gasteiger partial charge in [-0.15, -0.1) is 0 Å². The van der Waals surface area contributed by atoms with Crippen LogP contribution in [0, 0.1) is 0 Å². The Balaban J connectivity index is 2.99. The lowest BCUT2D eigenvalue weighted by molar-refractivity contribution is -0.0263. The van der Waals surface area contributed by atoms with Gasteiger partial charge in [-0.1, -0.05) is 13.3 Å². The molecule has 0 N–H and O–H groups in total. The number of ether oxygens (including phenoxy) is 10. The summed E-state index contributed by atoms with van der Waals surface area (Å²) in [7, 11) is 0. The van der Waals surface area contributed by atoms with Crippen molar-refractivity contribution >= 4 is 0 Å². The second kappa shape index (κ2) is 32.6. The van der Waals surface area contributed by atoms with Gasteiger partial charge in [0.25, 0.3) is 0 Å². The van der Waals surface area contributed by atoms with Crippen LogP contribution in [0.1, 0.15) is 26.7 Å². The highest BCUT2D eigenvalue weighted by Gasteiger charge is 1.95. The molecule has 0 saturated carbocycles. The normalized spacial score (nSPS) is 11.5.